The van der Waals surface area contributed by atoms with E-state index in [0.29, 0.717) is 17.0 Å². The van der Waals surface area contributed by atoms with Crippen molar-refractivity contribution >= 4 is 23.2 Å². The zero-order chi connectivity index (χ0) is 14.8. The monoisotopic (exact) mass is 278 g/mol. The molecule has 0 bridgehead atoms. The predicted octanol–water partition coefficient (Wildman–Crippen LogP) is 1.15. The van der Waals surface area contributed by atoms with E-state index < -0.39 is 17.9 Å². The van der Waals surface area contributed by atoms with E-state index in [4.69, 9.17) is 5.73 Å². The first kappa shape index (κ1) is 13.1. The molecule has 3 rings (SSSR count). The largest absolute Gasteiger partial charge is 0.367 e. The second kappa shape index (κ2) is 5.20. The van der Waals surface area contributed by atoms with Gasteiger partial charge in [0.15, 0.2) is 0 Å². The molecule has 1 heterocycles. The Morgan fingerprint density at radius 2 is 1.67 bits per heavy atom. The summed E-state index contributed by atoms with van der Waals surface area (Å²) < 4.78 is 0. The summed E-state index contributed by atoms with van der Waals surface area (Å²) in [5.74, 6) is -1.44. The summed E-state index contributed by atoms with van der Waals surface area (Å²) in [6, 6.07) is 15.2. The van der Waals surface area contributed by atoms with Crippen LogP contribution in [0.2, 0.25) is 0 Å². The maximum atomic E-state index is 12.0. The lowest BCUT2D eigenvalue weighted by Crippen LogP contribution is -2.37. The highest BCUT2D eigenvalue weighted by atomic mass is 16.2. The Morgan fingerprint density at radius 3 is 2.38 bits per heavy atom. The average molecular weight is 278 g/mol. The van der Waals surface area contributed by atoms with E-state index >= 15 is 0 Å². The Morgan fingerprint density at radius 1 is 1.00 bits per heavy atom. The second-order valence-electron chi connectivity index (χ2n) is 4.62. The van der Waals surface area contributed by atoms with Gasteiger partial charge in [0.1, 0.15) is 0 Å². The lowest BCUT2D eigenvalue weighted by molar-refractivity contribution is -0.128. The number of rotatable bonds is 2. The number of aliphatic imine (C=N–C) groups is 1. The molecule has 1 aliphatic rings. The van der Waals surface area contributed by atoms with Crippen molar-refractivity contribution in [1.82, 2.24) is 5.32 Å². The summed E-state index contributed by atoms with van der Waals surface area (Å²) in [5.41, 5.74) is 7.83. The number of para-hydroxylation sites is 1. The fourth-order valence-electron chi connectivity index (χ4n) is 2.22. The molecule has 2 N–H and O–H groups in total. The molecule has 2 aromatic carbocycles. The fourth-order valence-corrected chi connectivity index (χ4v) is 2.22. The highest BCUT2D eigenvalue weighted by Crippen LogP contribution is 2.24. The first-order valence-electron chi connectivity index (χ1n) is 6.44. The predicted molar refractivity (Wildman–Crippen MR) is 78.3 cm³/mol. The summed E-state index contributed by atoms with van der Waals surface area (Å²) in [6.07, 6.45) is 0. The van der Waals surface area contributed by atoms with Crippen molar-refractivity contribution in [3.8, 4) is 0 Å². The van der Waals surface area contributed by atoms with E-state index in [9.17, 15) is 9.59 Å². The van der Waals surface area contributed by atoms with Gasteiger partial charge in [0, 0.05) is 11.1 Å². The van der Waals surface area contributed by atoms with E-state index in [1.807, 2.05) is 42.5 Å². The Balaban J connectivity index is 2.23. The van der Waals surface area contributed by atoms with Gasteiger partial charge in [-0.15, -0.1) is 0 Å². The Kier molecular flexibility index (Phi) is 3.23. The minimum Gasteiger partial charge on any atom is -0.367 e. The van der Waals surface area contributed by atoms with Crippen LogP contribution >= 0.6 is 0 Å². The fraction of sp³-hybridized carbons (Fsp3) is 0.0625. The molecule has 5 nitrogen and oxygen atoms in total. The summed E-state index contributed by atoms with van der Waals surface area (Å²) in [5, 5.41) is 3.96. The Hall–Kier alpha value is -2.95. The third-order valence-corrected chi connectivity index (χ3v) is 3.20. The molecule has 103 valence electrons. The van der Waals surface area contributed by atoms with E-state index in [0.717, 1.165) is 5.56 Å². The molecule has 0 saturated heterocycles. The van der Waals surface area contributed by atoms with Gasteiger partial charge in [0.2, 0.25) is 6.04 Å². The zero-order valence-corrected chi connectivity index (χ0v) is 11.1. The van der Waals surface area contributed by atoms with Crippen LogP contribution in [0.15, 0.2) is 59.6 Å². The Labute approximate surface area is 121 Å². The van der Waals surface area contributed by atoms with Crippen molar-refractivity contribution in [3.63, 3.8) is 0 Å². The van der Waals surface area contributed by atoms with Crippen molar-refractivity contribution in [2.75, 3.05) is 0 Å². The number of carbonyl (C=O) groups excluding carboxylic acids is 2. The smallest absolute Gasteiger partial charge is 0.280 e. The summed E-state index contributed by atoms with van der Waals surface area (Å²) in [4.78, 5) is 27.8. The summed E-state index contributed by atoms with van der Waals surface area (Å²) in [7, 11) is 0. The standard InChI is InChI=1S/C16H12N3O2/c17-15(20)14-16(21)18-12-9-5-4-8-11(12)13(19-14)10-6-2-1-3-7-10/h1-9,14H,(H2,17,20). The highest BCUT2D eigenvalue weighted by molar-refractivity contribution is 6.20. The molecular weight excluding hydrogens is 266 g/mol. The van der Waals surface area contributed by atoms with Crippen LogP contribution < -0.4 is 11.1 Å². The lowest BCUT2D eigenvalue weighted by Gasteiger charge is -2.08. The van der Waals surface area contributed by atoms with Gasteiger partial charge in [-0.2, -0.15) is 0 Å². The number of amides is 2. The van der Waals surface area contributed by atoms with Gasteiger partial charge >= 0.3 is 0 Å². The number of benzene rings is 2. The lowest BCUT2D eigenvalue weighted by atomic mass is 10.0. The molecule has 1 unspecified atom stereocenters. The third-order valence-electron chi connectivity index (χ3n) is 3.20. The number of hydrogen-bond acceptors (Lipinski definition) is 3. The topological polar surface area (TPSA) is 86.6 Å². The molecule has 0 aliphatic carbocycles. The molecule has 21 heavy (non-hydrogen) atoms. The number of nitrogens with zero attached hydrogens (tertiary/aromatic N) is 2. The van der Waals surface area contributed by atoms with Gasteiger partial charge in [-0.05, 0) is 6.07 Å². The maximum Gasteiger partial charge on any atom is 0.280 e. The van der Waals surface area contributed by atoms with Crippen molar-refractivity contribution < 1.29 is 9.59 Å². The molecule has 0 saturated carbocycles. The summed E-state index contributed by atoms with van der Waals surface area (Å²) >= 11 is 0. The van der Waals surface area contributed by atoms with E-state index in [-0.39, 0.29) is 0 Å². The van der Waals surface area contributed by atoms with Crippen LogP contribution in [0.4, 0.5) is 5.69 Å². The number of hydrogen-bond donors (Lipinski definition) is 1. The van der Waals surface area contributed by atoms with Gasteiger partial charge in [0.25, 0.3) is 11.8 Å². The first-order valence-corrected chi connectivity index (χ1v) is 6.44. The van der Waals surface area contributed by atoms with Gasteiger partial charge < -0.3 is 5.73 Å². The molecule has 0 spiro atoms. The number of nitrogens with two attached hydrogens (primary N) is 1. The normalized spacial score (nSPS) is 17.2. The maximum absolute atomic E-state index is 12.0. The van der Waals surface area contributed by atoms with E-state index in [1.165, 1.54) is 0 Å². The molecule has 1 radical (unpaired) electrons. The summed E-state index contributed by atoms with van der Waals surface area (Å²) in [6.45, 7) is 0. The van der Waals surface area contributed by atoms with Crippen LogP contribution in [0.1, 0.15) is 11.1 Å². The van der Waals surface area contributed by atoms with Crippen molar-refractivity contribution in [2.45, 2.75) is 6.04 Å². The third kappa shape index (κ3) is 2.41. The first-order chi connectivity index (χ1) is 10.2. The molecule has 5 heteroatoms. The number of primary amides is 1. The SMILES string of the molecule is NC(=O)C1N=C(c2ccccc2)c2ccccc2[N]C1=O. The Bertz CT molecular complexity index is 738. The molecule has 0 aromatic heterocycles. The molecule has 1 aliphatic heterocycles. The van der Waals surface area contributed by atoms with Crippen molar-refractivity contribution in [3.05, 3.63) is 65.7 Å². The van der Waals surface area contributed by atoms with Crippen LogP contribution in [0, 0.1) is 0 Å². The molecule has 2 aromatic rings. The van der Waals surface area contributed by atoms with Gasteiger partial charge in [0.05, 0.1) is 11.4 Å². The van der Waals surface area contributed by atoms with E-state index in [1.54, 1.807) is 12.1 Å². The minimum atomic E-state index is -1.28. The van der Waals surface area contributed by atoms with Crippen LogP contribution in [0.25, 0.3) is 0 Å². The number of benzodiazepines with no additional fused rings is 1. The van der Waals surface area contributed by atoms with Crippen LogP contribution in [-0.2, 0) is 9.59 Å². The van der Waals surface area contributed by atoms with Crippen LogP contribution in [0.3, 0.4) is 0 Å². The average Bonchev–Trinajstić information content (AvgIpc) is 2.64. The minimum absolute atomic E-state index is 0.494. The molecule has 2 amide bonds. The van der Waals surface area contributed by atoms with Crippen LogP contribution in [0.5, 0.6) is 0 Å². The molecule has 0 fully saturated rings. The van der Waals surface area contributed by atoms with Gasteiger partial charge in [-0.25, -0.2) is 5.32 Å². The second-order valence-corrected chi connectivity index (χ2v) is 4.62. The van der Waals surface area contributed by atoms with Crippen LogP contribution in [-0.4, -0.2) is 23.6 Å². The molecular formula is C16H12N3O2. The number of carbonyl (C=O) groups is 2. The van der Waals surface area contributed by atoms with Crippen molar-refractivity contribution in [2.24, 2.45) is 10.7 Å². The van der Waals surface area contributed by atoms with E-state index in [2.05, 4.69) is 10.3 Å². The van der Waals surface area contributed by atoms with Crippen molar-refractivity contribution in [1.29, 1.82) is 0 Å². The molecule has 1 atom stereocenters. The zero-order valence-electron chi connectivity index (χ0n) is 11.1. The van der Waals surface area contributed by atoms with Gasteiger partial charge in [-0.1, -0.05) is 48.5 Å². The quantitative estimate of drug-likeness (QED) is 0.835. The highest BCUT2D eigenvalue weighted by Gasteiger charge is 2.30. The number of fused-ring (bicyclic) bond motifs is 1. The van der Waals surface area contributed by atoms with Gasteiger partial charge in [-0.3, -0.25) is 14.6 Å².